The van der Waals surface area contributed by atoms with Crippen molar-refractivity contribution in [1.82, 2.24) is 5.32 Å². The maximum atomic E-state index is 12.0. The van der Waals surface area contributed by atoms with Crippen LogP contribution < -0.4 is 10.2 Å². The Labute approximate surface area is 136 Å². The molecule has 2 aromatic carbocycles. The highest BCUT2D eigenvalue weighted by atomic mass is 35.5. The summed E-state index contributed by atoms with van der Waals surface area (Å²) in [5, 5.41) is 3.63. The number of carbonyl (C=O) groups excluding carboxylic acids is 1. The number of nitrogens with one attached hydrogen (secondary N) is 2. The minimum atomic E-state index is 0.0473. The average molecular weight is 318 g/mol. The number of benzene rings is 2. The first-order valence-corrected chi connectivity index (χ1v) is 7.79. The molecule has 1 amide bonds. The molecule has 2 rings (SSSR count). The Hall–Kier alpha value is -1.84. The molecule has 3 nitrogen and oxygen atoms in total. The van der Waals surface area contributed by atoms with Crippen molar-refractivity contribution >= 4 is 17.5 Å². The molecule has 0 heterocycles. The van der Waals surface area contributed by atoms with Crippen LogP contribution in [0.5, 0.6) is 0 Å². The van der Waals surface area contributed by atoms with Gasteiger partial charge < -0.3 is 10.2 Å². The van der Waals surface area contributed by atoms with E-state index in [0.717, 1.165) is 17.0 Å². The number of hydrogen-bond donors (Lipinski definition) is 2. The fourth-order valence-corrected chi connectivity index (χ4v) is 2.59. The van der Waals surface area contributed by atoms with Crippen molar-refractivity contribution in [3.63, 3.8) is 0 Å². The summed E-state index contributed by atoms with van der Waals surface area (Å²) in [4.78, 5) is 13.2. The van der Waals surface area contributed by atoms with Crippen LogP contribution in [-0.4, -0.2) is 19.5 Å². The summed E-state index contributed by atoms with van der Waals surface area (Å²) in [6, 6.07) is 15.8. The maximum absolute atomic E-state index is 12.0. The van der Waals surface area contributed by atoms with Crippen molar-refractivity contribution in [2.45, 2.75) is 20.0 Å². The molecule has 0 aliphatic rings. The Kier molecular flexibility index (Phi) is 5.99. The highest BCUT2D eigenvalue weighted by Crippen LogP contribution is 2.10. The summed E-state index contributed by atoms with van der Waals surface area (Å²) in [5.41, 5.74) is 3.56. The Morgan fingerprint density at radius 1 is 1.18 bits per heavy atom. The molecule has 0 saturated heterocycles. The van der Waals surface area contributed by atoms with Crippen LogP contribution in [-0.2, 0) is 17.9 Å². The van der Waals surface area contributed by atoms with Crippen molar-refractivity contribution in [2.75, 3.05) is 13.6 Å². The lowest BCUT2D eigenvalue weighted by atomic mass is 10.1. The van der Waals surface area contributed by atoms with E-state index in [-0.39, 0.29) is 5.91 Å². The summed E-state index contributed by atoms with van der Waals surface area (Å²) >= 11 is 5.93. The molecule has 2 N–H and O–H groups in total. The van der Waals surface area contributed by atoms with Crippen LogP contribution in [0.3, 0.4) is 0 Å². The average Bonchev–Trinajstić information content (AvgIpc) is 2.47. The Morgan fingerprint density at radius 2 is 1.95 bits per heavy atom. The molecule has 1 unspecified atom stereocenters. The largest absolute Gasteiger partial charge is 0.347 e. The van der Waals surface area contributed by atoms with Gasteiger partial charge in [-0.2, -0.15) is 0 Å². The molecule has 0 bridgehead atoms. The van der Waals surface area contributed by atoms with Crippen molar-refractivity contribution in [2.24, 2.45) is 0 Å². The quantitative estimate of drug-likeness (QED) is 0.839. The predicted molar refractivity (Wildman–Crippen MR) is 89.9 cm³/mol. The summed E-state index contributed by atoms with van der Waals surface area (Å²) in [5.74, 6) is 0.0473. The zero-order valence-electron chi connectivity index (χ0n) is 13.0. The molecule has 0 fully saturated rings. The van der Waals surface area contributed by atoms with Gasteiger partial charge in [0, 0.05) is 17.1 Å². The van der Waals surface area contributed by atoms with Gasteiger partial charge in [-0.1, -0.05) is 48.0 Å². The molecule has 2 aromatic rings. The normalized spacial score (nSPS) is 12.0. The number of likely N-dealkylation sites (N-methyl/N-ethyl adjacent to an activating group) is 1. The number of quaternary nitrogens is 1. The maximum Gasteiger partial charge on any atom is 0.275 e. The molecule has 0 spiro atoms. The summed E-state index contributed by atoms with van der Waals surface area (Å²) in [6.45, 7) is 3.91. The van der Waals surface area contributed by atoms with Crippen LogP contribution in [0, 0.1) is 6.92 Å². The molecular formula is C18H22ClN2O+. The van der Waals surface area contributed by atoms with Gasteiger partial charge >= 0.3 is 0 Å². The molecule has 1 atom stereocenters. The number of carbonyl (C=O) groups is 1. The molecular weight excluding hydrogens is 296 g/mol. The van der Waals surface area contributed by atoms with E-state index in [1.807, 2.05) is 43.4 Å². The first kappa shape index (κ1) is 16.5. The number of hydrogen-bond acceptors (Lipinski definition) is 1. The third-order valence-corrected chi connectivity index (χ3v) is 3.83. The van der Waals surface area contributed by atoms with Gasteiger partial charge in [0.2, 0.25) is 0 Å². The SMILES string of the molecule is Cc1ccccc1C[NH+](C)CC(=O)NCc1cccc(Cl)c1. The van der Waals surface area contributed by atoms with Gasteiger partial charge in [0.15, 0.2) is 6.54 Å². The number of rotatable bonds is 6. The smallest absolute Gasteiger partial charge is 0.275 e. The van der Waals surface area contributed by atoms with Crippen LogP contribution in [0.1, 0.15) is 16.7 Å². The van der Waals surface area contributed by atoms with Gasteiger partial charge in [-0.25, -0.2) is 0 Å². The van der Waals surface area contributed by atoms with E-state index in [2.05, 4.69) is 24.4 Å². The highest BCUT2D eigenvalue weighted by Gasteiger charge is 2.11. The summed E-state index contributed by atoms with van der Waals surface area (Å²) in [7, 11) is 2.03. The van der Waals surface area contributed by atoms with E-state index in [1.54, 1.807) is 0 Å². The molecule has 0 saturated carbocycles. The lowest BCUT2D eigenvalue weighted by molar-refractivity contribution is -0.885. The third-order valence-electron chi connectivity index (χ3n) is 3.59. The van der Waals surface area contributed by atoms with E-state index < -0.39 is 0 Å². The van der Waals surface area contributed by atoms with Crippen LogP contribution in [0.2, 0.25) is 5.02 Å². The topological polar surface area (TPSA) is 33.5 Å². The van der Waals surface area contributed by atoms with Crippen LogP contribution >= 0.6 is 11.6 Å². The minimum Gasteiger partial charge on any atom is -0.347 e. The minimum absolute atomic E-state index is 0.0473. The van der Waals surface area contributed by atoms with E-state index in [0.29, 0.717) is 18.1 Å². The van der Waals surface area contributed by atoms with Crippen molar-refractivity contribution in [3.05, 3.63) is 70.2 Å². The summed E-state index contributed by atoms with van der Waals surface area (Å²) < 4.78 is 0. The van der Waals surface area contributed by atoms with Crippen LogP contribution in [0.25, 0.3) is 0 Å². The van der Waals surface area contributed by atoms with E-state index in [9.17, 15) is 4.79 Å². The Balaban J connectivity index is 1.80. The molecule has 0 radical (unpaired) electrons. The monoisotopic (exact) mass is 317 g/mol. The van der Waals surface area contributed by atoms with E-state index >= 15 is 0 Å². The molecule has 116 valence electrons. The Morgan fingerprint density at radius 3 is 2.68 bits per heavy atom. The van der Waals surface area contributed by atoms with Gasteiger partial charge in [-0.05, 0) is 30.2 Å². The Bertz CT molecular complexity index is 642. The fraction of sp³-hybridized carbons (Fsp3) is 0.278. The van der Waals surface area contributed by atoms with Crippen molar-refractivity contribution in [3.8, 4) is 0 Å². The van der Waals surface area contributed by atoms with Gasteiger partial charge in [-0.3, -0.25) is 4.79 Å². The lowest BCUT2D eigenvalue weighted by Gasteiger charge is -2.15. The van der Waals surface area contributed by atoms with Gasteiger partial charge in [0.1, 0.15) is 6.54 Å². The number of aryl methyl sites for hydroxylation is 1. The van der Waals surface area contributed by atoms with Gasteiger partial charge in [0.05, 0.1) is 7.05 Å². The second-order valence-electron chi connectivity index (χ2n) is 5.64. The first-order chi connectivity index (χ1) is 10.5. The zero-order chi connectivity index (χ0) is 15.9. The lowest BCUT2D eigenvalue weighted by Crippen LogP contribution is -3.08. The van der Waals surface area contributed by atoms with Crippen molar-refractivity contribution in [1.29, 1.82) is 0 Å². The molecule has 0 aromatic heterocycles. The van der Waals surface area contributed by atoms with Gasteiger partial charge in [0.25, 0.3) is 5.91 Å². The first-order valence-electron chi connectivity index (χ1n) is 7.41. The highest BCUT2D eigenvalue weighted by molar-refractivity contribution is 6.30. The second-order valence-corrected chi connectivity index (χ2v) is 6.08. The molecule has 4 heteroatoms. The molecule has 0 aliphatic carbocycles. The third kappa shape index (κ3) is 5.17. The standard InChI is InChI=1S/C18H21ClN2O/c1-14-6-3-4-8-16(14)12-21(2)13-18(22)20-11-15-7-5-9-17(19)10-15/h3-10H,11-13H2,1-2H3,(H,20,22)/p+1. The van der Waals surface area contributed by atoms with E-state index in [1.165, 1.54) is 11.1 Å². The summed E-state index contributed by atoms with van der Waals surface area (Å²) in [6.07, 6.45) is 0. The van der Waals surface area contributed by atoms with Gasteiger partial charge in [-0.15, -0.1) is 0 Å². The second kappa shape index (κ2) is 7.97. The van der Waals surface area contributed by atoms with Crippen LogP contribution in [0.4, 0.5) is 0 Å². The number of halogens is 1. The van der Waals surface area contributed by atoms with Crippen molar-refractivity contribution < 1.29 is 9.69 Å². The number of amides is 1. The fourth-order valence-electron chi connectivity index (χ4n) is 2.38. The van der Waals surface area contributed by atoms with Crippen LogP contribution in [0.15, 0.2) is 48.5 Å². The zero-order valence-corrected chi connectivity index (χ0v) is 13.8. The molecule has 0 aliphatic heterocycles. The molecule has 22 heavy (non-hydrogen) atoms. The predicted octanol–water partition coefficient (Wildman–Crippen LogP) is 1.98. The van der Waals surface area contributed by atoms with E-state index in [4.69, 9.17) is 11.6 Å².